The number of halogens is 2. The molecule has 0 saturated carbocycles. The molecule has 0 aliphatic carbocycles. The normalized spacial score (nSPS) is 13.0. The number of carbonyl (C=O) groups is 1. The Morgan fingerprint density at radius 2 is 1.78 bits per heavy atom. The molecule has 0 aliphatic heterocycles. The van der Waals surface area contributed by atoms with Gasteiger partial charge in [-0.2, -0.15) is 0 Å². The number of hydrogen-bond acceptors (Lipinski definition) is 5. The molecule has 0 aliphatic rings. The number of esters is 1. The van der Waals surface area contributed by atoms with E-state index in [0.717, 1.165) is 18.1 Å². The van der Waals surface area contributed by atoms with E-state index in [1.54, 1.807) is 12.1 Å². The lowest BCUT2D eigenvalue weighted by Gasteiger charge is -2.25. The standard InChI is InChI=1S/C28H29F2N3O3/c1-2-17-4-3-5-18(8-17)15-32-16-27(24(31)11-19-9-21(29)14-22(30)10-19)36-28(35)26-13-20-12-23(34)6-7-25(20)33-26/h3-10,12-14,24,27,32-34H,2,11,15-16,31H2,1H3/t24-,27+/m0/s1. The Balaban J connectivity index is 1.49. The van der Waals surface area contributed by atoms with E-state index in [2.05, 4.69) is 29.4 Å². The summed E-state index contributed by atoms with van der Waals surface area (Å²) in [5.74, 6) is -1.92. The van der Waals surface area contributed by atoms with Crippen molar-refractivity contribution in [3.05, 3.63) is 101 Å². The van der Waals surface area contributed by atoms with Gasteiger partial charge in [-0.15, -0.1) is 0 Å². The molecule has 0 fully saturated rings. The number of hydrogen-bond donors (Lipinski definition) is 4. The molecule has 6 nitrogen and oxygen atoms in total. The molecule has 8 heteroatoms. The number of phenolic OH excluding ortho intramolecular Hbond substituents is 1. The van der Waals surface area contributed by atoms with Crippen LogP contribution in [0.3, 0.4) is 0 Å². The molecule has 4 rings (SSSR count). The number of aryl methyl sites for hydroxylation is 1. The number of nitrogens with two attached hydrogens (primary N) is 1. The van der Waals surface area contributed by atoms with Gasteiger partial charge in [-0.3, -0.25) is 0 Å². The first-order valence-corrected chi connectivity index (χ1v) is 11.8. The summed E-state index contributed by atoms with van der Waals surface area (Å²) in [7, 11) is 0. The Hall–Kier alpha value is -3.75. The zero-order valence-corrected chi connectivity index (χ0v) is 19.9. The first kappa shape index (κ1) is 25.3. The van der Waals surface area contributed by atoms with Crippen molar-refractivity contribution in [1.29, 1.82) is 0 Å². The van der Waals surface area contributed by atoms with Crippen LogP contribution < -0.4 is 11.1 Å². The van der Waals surface area contributed by atoms with Crippen LogP contribution in [0.15, 0.2) is 66.7 Å². The quantitative estimate of drug-likeness (QED) is 0.242. The maximum absolute atomic E-state index is 13.7. The number of ether oxygens (including phenoxy) is 1. The SMILES string of the molecule is CCc1cccc(CNC[C@@H](OC(=O)c2cc3cc(O)ccc3[nH]2)[C@@H](N)Cc2cc(F)cc(F)c2)c1. The summed E-state index contributed by atoms with van der Waals surface area (Å²) in [6.07, 6.45) is 0.254. The van der Waals surface area contributed by atoms with Gasteiger partial charge in [-0.05, 0) is 65.9 Å². The predicted molar refractivity (Wildman–Crippen MR) is 135 cm³/mol. The van der Waals surface area contributed by atoms with Gasteiger partial charge in [0.1, 0.15) is 29.2 Å². The minimum Gasteiger partial charge on any atom is -0.508 e. The summed E-state index contributed by atoms with van der Waals surface area (Å²) >= 11 is 0. The number of phenols is 1. The third kappa shape index (κ3) is 6.47. The average Bonchev–Trinajstić information content (AvgIpc) is 3.26. The second-order valence-electron chi connectivity index (χ2n) is 8.85. The number of carbonyl (C=O) groups excluding carboxylic acids is 1. The van der Waals surface area contributed by atoms with Gasteiger partial charge in [0.05, 0.1) is 0 Å². The zero-order chi connectivity index (χ0) is 25.7. The van der Waals surface area contributed by atoms with Crippen LogP contribution in [-0.4, -0.2) is 34.8 Å². The van der Waals surface area contributed by atoms with Crippen LogP contribution >= 0.6 is 0 Å². The topological polar surface area (TPSA) is 100 Å². The monoisotopic (exact) mass is 493 g/mol. The lowest BCUT2D eigenvalue weighted by molar-refractivity contribution is 0.0232. The summed E-state index contributed by atoms with van der Waals surface area (Å²) in [5, 5.41) is 13.6. The van der Waals surface area contributed by atoms with Crippen LogP contribution in [0, 0.1) is 11.6 Å². The average molecular weight is 494 g/mol. The Bertz CT molecular complexity index is 1330. The predicted octanol–water partition coefficient (Wildman–Crippen LogP) is 4.60. The fourth-order valence-electron chi connectivity index (χ4n) is 4.16. The lowest BCUT2D eigenvalue weighted by atomic mass is 10.0. The van der Waals surface area contributed by atoms with Gasteiger partial charge < -0.3 is 25.9 Å². The smallest absolute Gasteiger partial charge is 0.355 e. The van der Waals surface area contributed by atoms with Crippen molar-refractivity contribution in [3.8, 4) is 5.75 Å². The van der Waals surface area contributed by atoms with Gasteiger partial charge in [0.15, 0.2) is 0 Å². The Kier molecular flexibility index (Phi) is 7.97. The molecule has 0 spiro atoms. The molecule has 0 amide bonds. The molecule has 0 saturated heterocycles. The van der Waals surface area contributed by atoms with Crippen molar-refractivity contribution in [2.45, 2.75) is 38.5 Å². The largest absolute Gasteiger partial charge is 0.508 e. The van der Waals surface area contributed by atoms with E-state index in [-0.39, 0.29) is 24.4 Å². The van der Waals surface area contributed by atoms with Gasteiger partial charge >= 0.3 is 5.97 Å². The molecule has 0 bridgehead atoms. The van der Waals surface area contributed by atoms with E-state index in [0.29, 0.717) is 23.0 Å². The van der Waals surface area contributed by atoms with Crippen molar-refractivity contribution in [2.75, 3.05) is 6.54 Å². The van der Waals surface area contributed by atoms with Crippen molar-refractivity contribution >= 4 is 16.9 Å². The molecule has 0 unspecified atom stereocenters. The molecule has 1 heterocycles. The third-order valence-corrected chi connectivity index (χ3v) is 6.03. The minimum absolute atomic E-state index is 0.0833. The molecule has 4 aromatic rings. The number of aromatic hydroxyl groups is 1. The molecular formula is C28H29F2N3O3. The van der Waals surface area contributed by atoms with Crippen LogP contribution in [0.4, 0.5) is 8.78 Å². The number of fused-ring (bicyclic) bond motifs is 1. The molecule has 1 aromatic heterocycles. The van der Waals surface area contributed by atoms with Gasteiger partial charge in [0.2, 0.25) is 0 Å². The highest BCUT2D eigenvalue weighted by atomic mass is 19.1. The molecule has 0 radical (unpaired) electrons. The van der Waals surface area contributed by atoms with Crippen molar-refractivity contribution in [1.82, 2.24) is 10.3 Å². The van der Waals surface area contributed by atoms with Crippen LogP contribution in [0.25, 0.3) is 10.9 Å². The van der Waals surface area contributed by atoms with Crippen molar-refractivity contribution < 1.29 is 23.4 Å². The lowest BCUT2D eigenvalue weighted by Crippen LogP contribution is -2.46. The van der Waals surface area contributed by atoms with Gasteiger partial charge in [-0.1, -0.05) is 31.2 Å². The number of aromatic nitrogens is 1. The number of benzene rings is 3. The molecule has 3 aromatic carbocycles. The maximum atomic E-state index is 13.7. The first-order valence-electron chi connectivity index (χ1n) is 11.8. The fraction of sp³-hybridized carbons (Fsp3) is 0.250. The van der Waals surface area contributed by atoms with Crippen LogP contribution in [0.1, 0.15) is 34.1 Å². The number of nitrogens with one attached hydrogen (secondary N) is 2. The second kappa shape index (κ2) is 11.3. The number of aromatic amines is 1. The van der Waals surface area contributed by atoms with E-state index in [1.807, 2.05) is 12.1 Å². The van der Waals surface area contributed by atoms with Gasteiger partial charge in [-0.25, -0.2) is 13.6 Å². The molecule has 188 valence electrons. The van der Waals surface area contributed by atoms with Crippen LogP contribution in [0.5, 0.6) is 5.75 Å². The van der Waals surface area contributed by atoms with E-state index in [9.17, 15) is 18.7 Å². The Morgan fingerprint density at radius 3 is 2.53 bits per heavy atom. The molecule has 5 N–H and O–H groups in total. The molecule has 2 atom stereocenters. The summed E-state index contributed by atoms with van der Waals surface area (Å²) in [6, 6.07) is 17.0. The number of rotatable bonds is 10. The fourth-order valence-corrected chi connectivity index (χ4v) is 4.16. The van der Waals surface area contributed by atoms with E-state index < -0.39 is 29.7 Å². The van der Waals surface area contributed by atoms with Crippen molar-refractivity contribution in [3.63, 3.8) is 0 Å². The zero-order valence-electron chi connectivity index (χ0n) is 19.9. The van der Waals surface area contributed by atoms with Crippen molar-refractivity contribution in [2.24, 2.45) is 5.73 Å². The highest BCUT2D eigenvalue weighted by Crippen LogP contribution is 2.21. The first-order chi connectivity index (χ1) is 17.3. The highest BCUT2D eigenvalue weighted by molar-refractivity contribution is 5.95. The van der Waals surface area contributed by atoms with E-state index in [4.69, 9.17) is 10.5 Å². The maximum Gasteiger partial charge on any atom is 0.355 e. The van der Waals surface area contributed by atoms with Crippen LogP contribution in [-0.2, 0) is 24.1 Å². The van der Waals surface area contributed by atoms with Gasteiger partial charge in [0, 0.05) is 36.1 Å². The summed E-state index contributed by atoms with van der Waals surface area (Å²) < 4.78 is 33.2. The van der Waals surface area contributed by atoms with E-state index >= 15 is 0 Å². The third-order valence-electron chi connectivity index (χ3n) is 6.03. The second-order valence-corrected chi connectivity index (χ2v) is 8.85. The Morgan fingerprint density at radius 1 is 1.03 bits per heavy atom. The van der Waals surface area contributed by atoms with Gasteiger partial charge in [0.25, 0.3) is 0 Å². The summed E-state index contributed by atoms with van der Waals surface area (Å²) in [5.41, 5.74) is 9.94. The summed E-state index contributed by atoms with van der Waals surface area (Å²) in [6.45, 7) is 2.86. The number of H-pyrrole nitrogens is 1. The van der Waals surface area contributed by atoms with E-state index in [1.165, 1.54) is 29.8 Å². The Labute approximate surface area is 208 Å². The highest BCUT2D eigenvalue weighted by Gasteiger charge is 2.24. The molecule has 36 heavy (non-hydrogen) atoms. The summed E-state index contributed by atoms with van der Waals surface area (Å²) in [4.78, 5) is 16.0. The molecular weight excluding hydrogens is 464 g/mol. The van der Waals surface area contributed by atoms with Crippen LogP contribution in [0.2, 0.25) is 0 Å². The minimum atomic E-state index is -0.780.